The Balaban J connectivity index is 1.60. The van der Waals surface area contributed by atoms with Crippen LogP contribution in [0.1, 0.15) is 62.1 Å². The number of benzene rings is 2. The SMILES string of the molecule is C[C@H]1C(=O)N(C)C/C=C\CCCCCN2C[C@@]3(CCCc4cc(Cl)ccc43)COc3ccc(cc32)[C@]1(O)C(N)=O. The van der Waals surface area contributed by atoms with Gasteiger partial charge in [0.15, 0.2) is 5.60 Å². The second-order valence-electron chi connectivity index (χ2n) is 11.7. The van der Waals surface area contributed by atoms with Crippen LogP contribution in [0.15, 0.2) is 48.6 Å². The highest BCUT2D eigenvalue weighted by molar-refractivity contribution is 6.30. The van der Waals surface area contributed by atoms with Crippen LogP contribution in [0.25, 0.3) is 0 Å². The molecule has 0 aromatic heterocycles. The van der Waals surface area contributed by atoms with Crippen molar-refractivity contribution in [3.63, 3.8) is 0 Å². The summed E-state index contributed by atoms with van der Waals surface area (Å²) in [6.45, 7) is 4.04. The molecule has 0 saturated heterocycles. The quantitative estimate of drug-likeness (QED) is 0.488. The molecule has 0 radical (unpaired) electrons. The van der Waals surface area contributed by atoms with Gasteiger partial charge in [0, 0.05) is 37.1 Å². The number of anilines is 1. The lowest BCUT2D eigenvalue weighted by atomic mass is 9.70. The van der Waals surface area contributed by atoms with Crippen molar-refractivity contribution in [2.45, 2.75) is 62.9 Å². The number of hydrogen-bond donors (Lipinski definition) is 2. The maximum absolute atomic E-state index is 13.3. The first-order chi connectivity index (χ1) is 19.2. The summed E-state index contributed by atoms with van der Waals surface area (Å²) in [5.74, 6) is -1.67. The molecule has 2 aliphatic heterocycles. The van der Waals surface area contributed by atoms with Gasteiger partial charge in [-0.3, -0.25) is 9.59 Å². The number of aliphatic hydroxyl groups is 1. The molecule has 0 fully saturated rings. The van der Waals surface area contributed by atoms with E-state index < -0.39 is 17.4 Å². The molecule has 3 aliphatic rings. The van der Waals surface area contributed by atoms with Crippen molar-refractivity contribution >= 4 is 29.1 Å². The summed E-state index contributed by atoms with van der Waals surface area (Å²) in [5, 5.41) is 12.6. The highest BCUT2D eigenvalue weighted by Gasteiger charge is 2.47. The number of allylic oxidation sites excluding steroid dienone is 1. The van der Waals surface area contributed by atoms with E-state index in [-0.39, 0.29) is 11.3 Å². The van der Waals surface area contributed by atoms with Crippen LogP contribution in [-0.4, -0.2) is 55.1 Å². The average molecular weight is 566 g/mol. The summed E-state index contributed by atoms with van der Waals surface area (Å²) >= 11 is 6.37. The molecule has 8 heteroatoms. The number of nitrogens with zero attached hydrogens (tertiary/aromatic N) is 2. The Hall–Kier alpha value is -3.03. The zero-order chi connectivity index (χ0) is 28.5. The predicted molar refractivity (Wildman–Crippen MR) is 158 cm³/mol. The molecule has 2 amide bonds. The van der Waals surface area contributed by atoms with Crippen molar-refractivity contribution in [1.29, 1.82) is 0 Å². The lowest BCUT2D eigenvalue weighted by molar-refractivity contribution is -0.155. The van der Waals surface area contributed by atoms with Crippen LogP contribution in [-0.2, 0) is 27.0 Å². The van der Waals surface area contributed by atoms with E-state index in [0.29, 0.717) is 24.5 Å². The number of carbonyl (C=O) groups excluding carboxylic acids is 2. The van der Waals surface area contributed by atoms with E-state index in [1.54, 1.807) is 26.1 Å². The fraction of sp³-hybridized carbons (Fsp3) is 0.500. The number of primary amides is 1. The number of fused-ring (bicyclic) bond motifs is 3. The van der Waals surface area contributed by atoms with Crippen molar-refractivity contribution in [1.82, 2.24) is 4.90 Å². The number of hydrogen-bond acceptors (Lipinski definition) is 5. The molecule has 2 aromatic rings. The van der Waals surface area contributed by atoms with E-state index in [4.69, 9.17) is 22.1 Å². The van der Waals surface area contributed by atoms with Gasteiger partial charge in [-0.25, -0.2) is 0 Å². The molecule has 7 nitrogen and oxygen atoms in total. The average Bonchev–Trinajstić information content (AvgIpc) is 3.09. The second kappa shape index (κ2) is 11.5. The molecule has 3 N–H and O–H groups in total. The number of aryl methyl sites for hydroxylation is 1. The Labute approximate surface area is 241 Å². The summed E-state index contributed by atoms with van der Waals surface area (Å²) in [5.41, 5.74) is 7.10. The van der Waals surface area contributed by atoms with Gasteiger partial charge < -0.3 is 25.4 Å². The normalized spacial score (nSPS) is 28.4. The first-order valence-electron chi connectivity index (χ1n) is 14.4. The van der Waals surface area contributed by atoms with Gasteiger partial charge in [0.2, 0.25) is 5.91 Å². The number of likely N-dealkylation sites (N-methyl/N-ethyl adjacent to an activating group) is 1. The summed E-state index contributed by atoms with van der Waals surface area (Å²) in [4.78, 5) is 30.0. The first-order valence-corrected chi connectivity index (χ1v) is 14.8. The molecule has 1 aliphatic carbocycles. The molecular formula is C32H40ClN3O4. The third-order valence-corrected chi connectivity index (χ3v) is 9.31. The van der Waals surface area contributed by atoms with Gasteiger partial charge in [0.05, 0.1) is 18.2 Å². The monoisotopic (exact) mass is 565 g/mol. The van der Waals surface area contributed by atoms with E-state index in [2.05, 4.69) is 23.1 Å². The van der Waals surface area contributed by atoms with Crippen LogP contribution in [0.5, 0.6) is 5.75 Å². The van der Waals surface area contributed by atoms with E-state index in [1.165, 1.54) is 16.0 Å². The van der Waals surface area contributed by atoms with Crippen molar-refractivity contribution in [2.75, 3.05) is 38.2 Å². The minimum Gasteiger partial charge on any atom is -0.490 e. The zero-order valence-electron chi connectivity index (χ0n) is 23.5. The fourth-order valence-electron chi connectivity index (χ4n) is 6.68. The predicted octanol–water partition coefficient (Wildman–Crippen LogP) is 4.71. The number of rotatable bonds is 1. The van der Waals surface area contributed by atoms with Gasteiger partial charge in [0.25, 0.3) is 5.91 Å². The molecule has 2 aromatic carbocycles. The van der Waals surface area contributed by atoms with Crippen LogP contribution >= 0.6 is 11.6 Å². The van der Waals surface area contributed by atoms with E-state index >= 15 is 0 Å². The van der Waals surface area contributed by atoms with Gasteiger partial charge in [-0.15, -0.1) is 0 Å². The largest absolute Gasteiger partial charge is 0.490 e. The molecule has 214 valence electrons. The van der Waals surface area contributed by atoms with Crippen molar-refractivity contribution in [2.24, 2.45) is 11.7 Å². The summed E-state index contributed by atoms with van der Waals surface area (Å²) in [6.07, 6.45) is 11.2. The van der Waals surface area contributed by atoms with Crippen molar-refractivity contribution < 1.29 is 19.4 Å². The number of carbonyl (C=O) groups is 2. The summed E-state index contributed by atoms with van der Waals surface area (Å²) < 4.78 is 6.53. The second-order valence-corrected chi connectivity index (χ2v) is 12.2. The number of amides is 2. The molecule has 0 saturated carbocycles. The Morgan fingerprint density at radius 2 is 1.95 bits per heavy atom. The molecule has 1 spiro atoms. The lowest BCUT2D eigenvalue weighted by Gasteiger charge is -2.41. The Kier molecular flexibility index (Phi) is 8.16. The van der Waals surface area contributed by atoms with Crippen molar-refractivity contribution in [3.8, 4) is 5.75 Å². The van der Waals surface area contributed by atoms with Crippen LogP contribution in [0.2, 0.25) is 5.02 Å². The lowest BCUT2D eigenvalue weighted by Crippen LogP contribution is -2.52. The molecule has 2 heterocycles. The smallest absolute Gasteiger partial charge is 0.254 e. The standard InChI is InChI=1S/C32H40ClN3O4/c1-22-29(37)35(2)16-7-5-3-4-6-8-17-36-20-31(15-9-10-23-18-25(33)12-13-26(23)31)21-40-28-14-11-24(19-27(28)36)32(22,39)30(34)38/h5,7,11-14,18-19,22,39H,3-4,6,8-10,15-17,20-21H2,1-2H3,(H2,34,38)/b7-5-/t22-,31-,32-/m0/s1. The topological polar surface area (TPSA) is 96.1 Å². The van der Waals surface area contributed by atoms with Crippen LogP contribution in [0.3, 0.4) is 0 Å². The van der Waals surface area contributed by atoms with Gasteiger partial charge in [-0.1, -0.05) is 42.3 Å². The highest BCUT2D eigenvalue weighted by atomic mass is 35.5. The molecular weight excluding hydrogens is 526 g/mol. The summed E-state index contributed by atoms with van der Waals surface area (Å²) in [7, 11) is 1.68. The van der Waals surface area contributed by atoms with Crippen LogP contribution in [0, 0.1) is 5.92 Å². The number of nitrogens with two attached hydrogens (primary N) is 1. The Bertz CT molecular complexity index is 1310. The van der Waals surface area contributed by atoms with Gasteiger partial charge >= 0.3 is 0 Å². The minimum absolute atomic E-state index is 0.215. The van der Waals surface area contributed by atoms with E-state index in [9.17, 15) is 14.7 Å². The Morgan fingerprint density at radius 3 is 2.75 bits per heavy atom. The number of halogens is 1. The fourth-order valence-corrected chi connectivity index (χ4v) is 6.88. The molecule has 2 bridgehead atoms. The highest BCUT2D eigenvalue weighted by Crippen LogP contribution is 2.46. The third kappa shape index (κ3) is 5.21. The Morgan fingerprint density at radius 1 is 1.12 bits per heavy atom. The van der Waals surface area contributed by atoms with E-state index in [0.717, 1.165) is 68.7 Å². The summed E-state index contributed by atoms with van der Waals surface area (Å²) in [6, 6.07) is 11.5. The molecule has 0 unspecified atom stereocenters. The zero-order valence-corrected chi connectivity index (χ0v) is 24.3. The van der Waals surface area contributed by atoms with Gasteiger partial charge in [-0.05, 0) is 86.4 Å². The molecule has 3 atom stereocenters. The minimum atomic E-state index is -2.18. The maximum Gasteiger partial charge on any atom is 0.254 e. The number of ether oxygens (including phenoxy) is 1. The van der Waals surface area contributed by atoms with Gasteiger partial charge in [-0.2, -0.15) is 0 Å². The van der Waals surface area contributed by atoms with Crippen LogP contribution in [0.4, 0.5) is 5.69 Å². The molecule has 5 rings (SSSR count). The van der Waals surface area contributed by atoms with Crippen LogP contribution < -0.4 is 15.4 Å². The third-order valence-electron chi connectivity index (χ3n) is 9.07. The maximum atomic E-state index is 13.3. The first kappa shape index (κ1) is 28.5. The van der Waals surface area contributed by atoms with E-state index in [1.807, 2.05) is 18.2 Å². The van der Waals surface area contributed by atoms with Gasteiger partial charge in [0.1, 0.15) is 5.75 Å². The molecule has 40 heavy (non-hydrogen) atoms. The van der Waals surface area contributed by atoms with Crippen molar-refractivity contribution in [3.05, 3.63) is 70.3 Å².